The molecule has 0 spiro atoms. The van der Waals surface area contributed by atoms with Crippen LogP contribution in [0.25, 0.3) is 11.1 Å². The van der Waals surface area contributed by atoms with Crippen molar-refractivity contribution in [2.75, 3.05) is 11.5 Å². The lowest BCUT2D eigenvalue weighted by atomic mass is 10.3. The second-order valence-corrected chi connectivity index (χ2v) is 4.72. The van der Waals surface area contributed by atoms with E-state index in [-0.39, 0.29) is 0 Å². The molecule has 0 amide bonds. The fourth-order valence-electron chi connectivity index (χ4n) is 1.45. The normalized spacial score (nSPS) is 10.5. The molecule has 1 heterocycles. The van der Waals surface area contributed by atoms with E-state index in [1.54, 1.807) is 17.8 Å². The largest absolute Gasteiger partial charge is 0.431 e. The molecule has 2 rings (SSSR count). The van der Waals surface area contributed by atoms with Gasteiger partial charge in [-0.2, -0.15) is 5.26 Å². The molecule has 0 aliphatic rings. The van der Waals surface area contributed by atoms with Gasteiger partial charge in [-0.05, 0) is 25.0 Å². The maximum absolute atomic E-state index is 8.40. The number of hydrogen-bond donors (Lipinski definition) is 1. The smallest absolute Gasteiger partial charge is 0.256 e. The van der Waals surface area contributed by atoms with E-state index in [0.717, 1.165) is 29.7 Å². The molecule has 0 bridgehead atoms. The summed E-state index contributed by atoms with van der Waals surface area (Å²) in [6, 6.07) is 7.58. The van der Waals surface area contributed by atoms with Gasteiger partial charge in [0.15, 0.2) is 5.58 Å². The number of thioether (sulfide) groups is 1. The maximum Gasteiger partial charge on any atom is 0.256 e. The van der Waals surface area contributed by atoms with Gasteiger partial charge in [0, 0.05) is 23.9 Å². The van der Waals surface area contributed by atoms with Crippen LogP contribution in [0.1, 0.15) is 19.3 Å². The lowest BCUT2D eigenvalue weighted by Crippen LogP contribution is -1.81. The van der Waals surface area contributed by atoms with Gasteiger partial charge in [-0.25, -0.2) is 4.98 Å². The first-order valence-corrected chi connectivity index (χ1v) is 6.44. The van der Waals surface area contributed by atoms with E-state index in [0.29, 0.717) is 17.3 Å². The van der Waals surface area contributed by atoms with Crippen LogP contribution in [0.5, 0.6) is 0 Å². The Hall–Kier alpha value is -1.67. The molecule has 2 aromatic rings. The quantitative estimate of drug-likeness (QED) is 0.499. The standard InChI is InChI=1S/C12H13N3OS/c13-6-2-1-3-7-17-12-15-10-5-4-9(14)8-11(10)16-12/h4-5,8H,1-3,7,14H2. The summed E-state index contributed by atoms with van der Waals surface area (Å²) < 4.78 is 5.56. The van der Waals surface area contributed by atoms with Gasteiger partial charge in [0.1, 0.15) is 5.52 Å². The van der Waals surface area contributed by atoms with Crippen molar-refractivity contribution in [3.8, 4) is 6.07 Å². The molecule has 0 aliphatic heterocycles. The van der Waals surface area contributed by atoms with E-state index >= 15 is 0 Å². The Morgan fingerprint density at radius 2 is 2.29 bits per heavy atom. The van der Waals surface area contributed by atoms with Crippen molar-refractivity contribution in [2.45, 2.75) is 24.5 Å². The minimum absolute atomic E-state index is 0.616. The Balaban J connectivity index is 1.93. The molecule has 1 aromatic carbocycles. The molecule has 88 valence electrons. The molecule has 0 saturated carbocycles. The van der Waals surface area contributed by atoms with Crippen molar-refractivity contribution < 1.29 is 4.42 Å². The zero-order chi connectivity index (χ0) is 12.1. The number of benzene rings is 1. The van der Waals surface area contributed by atoms with Gasteiger partial charge in [0.2, 0.25) is 0 Å². The summed E-state index contributed by atoms with van der Waals surface area (Å²) in [4.78, 5) is 4.35. The third-order valence-electron chi connectivity index (χ3n) is 2.30. The van der Waals surface area contributed by atoms with E-state index in [4.69, 9.17) is 15.4 Å². The summed E-state index contributed by atoms with van der Waals surface area (Å²) >= 11 is 1.57. The number of nitrogen functional groups attached to an aromatic ring is 1. The molecule has 0 atom stereocenters. The molecular formula is C12H13N3OS. The molecule has 0 aliphatic carbocycles. The third-order valence-corrected chi connectivity index (χ3v) is 3.22. The Morgan fingerprint density at radius 3 is 3.12 bits per heavy atom. The first-order chi connectivity index (χ1) is 8.29. The van der Waals surface area contributed by atoms with Crippen LogP contribution in [0.2, 0.25) is 0 Å². The van der Waals surface area contributed by atoms with Crippen molar-refractivity contribution in [1.82, 2.24) is 4.98 Å². The molecule has 0 fully saturated rings. The van der Waals surface area contributed by atoms with Crippen LogP contribution in [-0.2, 0) is 0 Å². The lowest BCUT2D eigenvalue weighted by molar-refractivity contribution is 0.489. The van der Waals surface area contributed by atoms with Crippen LogP contribution in [0.3, 0.4) is 0 Å². The minimum Gasteiger partial charge on any atom is -0.431 e. The van der Waals surface area contributed by atoms with Crippen LogP contribution >= 0.6 is 11.8 Å². The Kier molecular flexibility index (Phi) is 3.89. The third kappa shape index (κ3) is 3.14. The summed E-state index contributed by atoms with van der Waals surface area (Å²) in [6.45, 7) is 0. The number of nitrogens with zero attached hydrogens (tertiary/aromatic N) is 2. The average Bonchev–Trinajstić information content (AvgIpc) is 2.70. The predicted octanol–water partition coefficient (Wildman–Crippen LogP) is 3.20. The van der Waals surface area contributed by atoms with Gasteiger partial charge >= 0.3 is 0 Å². The topological polar surface area (TPSA) is 75.8 Å². The average molecular weight is 247 g/mol. The Labute approximate surface area is 104 Å². The molecule has 1 aromatic heterocycles. The number of rotatable bonds is 5. The van der Waals surface area contributed by atoms with Gasteiger partial charge in [-0.15, -0.1) is 0 Å². The fraction of sp³-hybridized carbons (Fsp3) is 0.333. The predicted molar refractivity (Wildman–Crippen MR) is 68.6 cm³/mol. The van der Waals surface area contributed by atoms with Crippen molar-refractivity contribution in [2.24, 2.45) is 0 Å². The molecule has 5 heteroatoms. The number of nitriles is 1. The number of nitrogens with two attached hydrogens (primary N) is 1. The van der Waals surface area contributed by atoms with Crippen molar-refractivity contribution in [3.05, 3.63) is 18.2 Å². The molecular weight excluding hydrogens is 234 g/mol. The van der Waals surface area contributed by atoms with E-state index in [9.17, 15) is 0 Å². The van der Waals surface area contributed by atoms with Gasteiger partial charge in [-0.1, -0.05) is 11.8 Å². The van der Waals surface area contributed by atoms with Gasteiger partial charge in [0.05, 0.1) is 6.07 Å². The molecule has 4 nitrogen and oxygen atoms in total. The summed E-state index contributed by atoms with van der Waals surface area (Å²) in [7, 11) is 0. The van der Waals surface area contributed by atoms with Gasteiger partial charge in [-0.3, -0.25) is 0 Å². The first-order valence-electron chi connectivity index (χ1n) is 5.45. The fourth-order valence-corrected chi connectivity index (χ4v) is 2.28. The van der Waals surface area contributed by atoms with E-state index < -0.39 is 0 Å². The van der Waals surface area contributed by atoms with Gasteiger partial charge < -0.3 is 10.2 Å². The van der Waals surface area contributed by atoms with Crippen LogP contribution in [0.4, 0.5) is 5.69 Å². The van der Waals surface area contributed by atoms with Gasteiger partial charge in [0.25, 0.3) is 5.22 Å². The van der Waals surface area contributed by atoms with Crippen molar-refractivity contribution >= 4 is 28.5 Å². The summed E-state index contributed by atoms with van der Waals surface area (Å²) in [6.07, 6.45) is 2.54. The summed E-state index contributed by atoms with van der Waals surface area (Å²) in [5.74, 6) is 0.921. The molecule has 0 unspecified atom stereocenters. The number of hydrogen-bond acceptors (Lipinski definition) is 5. The number of aromatic nitrogens is 1. The molecule has 0 radical (unpaired) electrons. The summed E-state index contributed by atoms with van der Waals surface area (Å²) in [5, 5.41) is 9.07. The number of anilines is 1. The number of fused-ring (bicyclic) bond motifs is 1. The van der Waals surface area contributed by atoms with Crippen LogP contribution in [0.15, 0.2) is 27.8 Å². The maximum atomic E-state index is 8.40. The zero-order valence-electron chi connectivity index (χ0n) is 9.35. The SMILES string of the molecule is N#CCCCCSc1nc2ccc(N)cc2o1. The summed E-state index contributed by atoms with van der Waals surface area (Å²) in [5.41, 5.74) is 7.90. The zero-order valence-corrected chi connectivity index (χ0v) is 10.2. The Morgan fingerprint density at radius 1 is 1.41 bits per heavy atom. The lowest BCUT2D eigenvalue weighted by Gasteiger charge is -1.93. The molecule has 2 N–H and O–H groups in total. The Bertz CT molecular complexity index is 544. The first kappa shape index (κ1) is 11.8. The highest BCUT2D eigenvalue weighted by atomic mass is 32.2. The number of unbranched alkanes of at least 4 members (excludes halogenated alkanes) is 2. The van der Waals surface area contributed by atoms with Crippen LogP contribution < -0.4 is 5.73 Å². The highest BCUT2D eigenvalue weighted by Gasteiger charge is 2.05. The van der Waals surface area contributed by atoms with Crippen molar-refractivity contribution in [3.63, 3.8) is 0 Å². The van der Waals surface area contributed by atoms with Crippen molar-refractivity contribution in [1.29, 1.82) is 5.26 Å². The van der Waals surface area contributed by atoms with Crippen LogP contribution in [-0.4, -0.2) is 10.7 Å². The molecule has 0 saturated heterocycles. The highest BCUT2D eigenvalue weighted by molar-refractivity contribution is 7.99. The van der Waals surface area contributed by atoms with Crippen LogP contribution in [0, 0.1) is 11.3 Å². The molecule has 17 heavy (non-hydrogen) atoms. The second kappa shape index (κ2) is 5.60. The highest BCUT2D eigenvalue weighted by Crippen LogP contribution is 2.25. The minimum atomic E-state index is 0.616. The second-order valence-electron chi connectivity index (χ2n) is 3.67. The van der Waals surface area contributed by atoms with E-state index in [2.05, 4.69) is 11.1 Å². The van der Waals surface area contributed by atoms with E-state index in [1.165, 1.54) is 0 Å². The van der Waals surface area contributed by atoms with E-state index in [1.807, 2.05) is 12.1 Å². The number of oxazole rings is 1. The monoisotopic (exact) mass is 247 g/mol.